The summed E-state index contributed by atoms with van der Waals surface area (Å²) in [7, 11) is 0. The van der Waals surface area contributed by atoms with E-state index >= 15 is 0 Å². The molecule has 2 heterocycles. The second kappa shape index (κ2) is 11.8. The average molecular weight is 652 g/mol. The molecule has 51 heavy (non-hydrogen) atoms. The fraction of sp³-hybridized carbons (Fsp3) is 0.0652. The monoisotopic (exact) mass is 651 g/mol. The maximum absolute atomic E-state index is 10.3. The van der Waals surface area contributed by atoms with Crippen molar-refractivity contribution in [1.82, 2.24) is 9.13 Å². The highest BCUT2D eigenvalue weighted by Crippen LogP contribution is 2.42. The molecule has 6 aromatic carbocycles. The van der Waals surface area contributed by atoms with Crippen molar-refractivity contribution in [2.45, 2.75) is 13.3 Å². The fourth-order valence-electron chi connectivity index (χ4n) is 7.94. The highest BCUT2D eigenvalue weighted by molar-refractivity contribution is 6.09. The Hall–Kier alpha value is -7.13. The van der Waals surface area contributed by atoms with Gasteiger partial charge in [0.05, 0.1) is 51.6 Å². The summed E-state index contributed by atoms with van der Waals surface area (Å²) < 4.78 is 4.56. The zero-order chi connectivity index (χ0) is 34.6. The second-order valence-corrected chi connectivity index (χ2v) is 13.2. The zero-order valence-electron chi connectivity index (χ0n) is 27.8. The van der Waals surface area contributed by atoms with E-state index in [9.17, 15) is 15.8 Å². The Kier molecular flexibility index (Phi) is 6.92. The quantitative estimate of drug-likeness (QED) is 0.190. The molecule has 2 aromatic heterocycles. The minimum absolute atomic E-state index is 0.0404. The van der Waals surface area contributed by atoms with E-state index in [0.29, 0.717) is 17.5 Å². The lowest BCUT2D eigenvalue weighted by atomic mass is 9.87. The third kappa shape index (κ3) is 4.67. The summed E-state index contributed by atoms with van der Waals surface area (Å²) in [6.45, 7) is 2.08. The van der Waals surface area contributed by atoms with Crippen LogP contribution in [-0.4, -0.2) is 9.13 Å². The summed E-state index contributed by atoms with van der Waals surface area (Å²) in [5.74, 6) is 0.0404. The highest BCUT2D eigenvalue weighted by atomic mass is 15.0. The van der Waals surface area contributed by atoms with E-state index in [1.165, 1.54) is 10.8 Å². The van der Waals surface area contributed by atoms with Gasteiger partial charge in [0.1, 0.15) is 0 Å². The van der Waals surface area contributed by atoms with Gasteiger partial charge in [0.15, 0.2) is 0 Å². The van der Waals surface area contributed by atoms with Gasteiger partial charge in [-0.3, -0.25) is 0 Å². The van der Waals surface area contributed by atoms with Gasteiger partial charge in [0.25, 0.3) is 0 Å². The summed E-state index contributed by atoms with van der Waals surface area (Å²) in [4.78, 5) is 0. The number of benzene rings is 6. The van der Waals surface area contributed by atoms with Crippen LogP contribution in [0.1, 0.15) is 29.3 Å². The van der Waals surface area contributed by atoms with Gasteiger partial charge in [0.2, 0.25) is 0 Å². The van der Waals surface area contributed by atoms with E-state index in [2.05, 4.69) is 125 Å². The van der Waals surface area contributed by atoms with Gasteiger partial charge in [-0.25, -0.2) is 0 Å². The fourth-order valence-corrected chi connectivity index (χ4v) is 7.94. The molecule has 0 amide bonds. The van der Waals surface area contributed by atoms with E-state index in [-0.39, 0.29) is 5.92 Å². The molecule has 0 spiro atoms. The van der Waals surface area contributed by atoms with Crippen LogP contribution in [0.3, 0.4) is 0 Å². The molecule has 0 saturated heterocycles. The van der Waals surface area contributed by atoms with Gasteiger partial charge >= 0.3 is 0 Å². The van der Waals surface area contributed by atoms with Crippen LogP contribution < -0.4 is 0 Å². The Morgan fingerprint density at radius 3 is 2.02 bits per heavy atom. The molecule has 9 rings (SSSR count). The lowest BCUT2D eigenvalue weighted by Gasteiger charge is -2.21. The van der Waals surface area contributed by atoms with Gasteiger partial charge in [-0.2, -0.15) is 15.8 Å². The number of nitriles is 3. The molecular weight excluding hydrogens is 623 g/mol. The third-order valence-electron chi connectivity index (χ3n) is 10.2. The molecule has 0 N–H and O–H groups in total. The van der Waals surface area contributed by atoms with Crippen molar-refractivity contribution in [3.8, 4) is 51.8 Å². The first-order chi connectivity index (χ1) is 25.1. The van der Waals surface area contributed by atoms with Gasteiger partial charge < -0.3 is 9.13 Å². The normalized spacial score (nSPS) is 13.8. The van der Waals surface area contributed by atoms with Crippen molar-refractivity contribution < 1.29 is 0 Å². The largest absolute Gasteiger partial charge is 0.312 e. The molecule has 0 radical (unpaired) electrons. The molecule has 1 unspecified atom stereocenters. The van der Waals surface area contributed by atoms with Crippen LogP contribution >= 0.6 is 0 Å². The maximum Gasteiger partial charge on any atom is 0.0998 e. The topological polar surface area (TPSA) is 81.2 Å². The van der Waals surface area contributed by atoms with E-state index in [1.807, 2.05) is 48.5 Å². The number of allylic oxidation sites excluding steroid dienone is 1. The molecule has 238 valence electrons. The van der Waals surface area contributed by atoms with Gasteiger partial charge in [0, 0.05) is 44.2 Å². The van der Waals surface area contributed by atoms with Crippen molar-refractivity contribution in [2.24, 2.45) is 5.92 Å². The molecule has 1 aliphatic rings. The summed E-state index contributed by atoms with van der Waals surface area (Å²) in [5.41, 5.74) is 12.9. The summed E-state index contributed by atoms with van der Waals surface area (Å²) in [6.07, 6.45) is 2.63. The maximum atomic E-state index is 10.3. The standard InChI is InChI=1S/C46H29N5/c1-29-20-45-40(25-35(29)28-49)46-32(27-48)11-9-19-44(46)51(45)41-16-5-2-13-37(41)34-22-30(26-47)21-33(23-34)31-10-8-12-36(24-31)50-42-17-6-3-14-38(42)39-15-4-7-18-43(39)50/h2-19,21-25,29H,20H2,1H3. The van der Waals surface area contributed by atoms with Crippen LogP contribution in [0.4, 0.5) is 0 Å². The number of hydrogen-bond acceptors (Lipinski definition) is 3. The highest BCUT2D eigenvalue weighted by Gasteiger charge is 2.27. The number of hydrogen-bond donors (Lipinski definition) is 0. The molecule has 5 heteroatoms. The minimum Gasteiger partial charge on any atom is -0.312 e. The predicted molar refractivity (Wildman–Crippen MR) is 204 cm³/mol. The van der Waals surface area contributed by atoms with Crippen molar-refractivity contribution >= 4 is 38.8 Å². The van der Waals surface area contributed by atoms with Crippen LogP contribution in [0.15, 0.2) is 139 Å². The molecule has 5 nitrogen and oxygen atoms in total. The molecule has 0 saturated carbocycles. The van der Waals surface area contributed by atoms with E-state index < -0.39 is 0 Å². The van der Waals surface area contributed by atoms with E-state index in [4.69, 9.17) is 0 Å². The Labute approximate surface area is 295 Å². The van der Waals surface area contributed by atoms with Crippen LogP contribution in [0.2, 0.25) is 0 Å². The van der Waals surface area contributed by atoms with E-state index in [1.54, 1.807) is 0 Å². The number of rotatable bonds is 4. The van der Waals surface area contributed by atoms with Gasteiger partial charge in [-0.1, -0.05) is 79.7 Å². The Balaban J connectivity index is 1.24. The first kappa shape index (κ1) is 30.0. The van der Waals surface area contributed by atoms with Gasteiger partial charge in [-0.05, 0) is 95.8 Å². The molecule has 1 atom stereocenters. The lowest BCUT2D eigenvalue weighted by Crippen LogP contribution is -2.12. The van der Waals surface area contributed by atoms with Crippen LogP contribution in [-0.2, 0) is 6.42 Å². The van der Waals surface area contributed by atoms with Crippen LogP contribution in [0, 0.1) is 39.9 Å². The van der Waals surface area contributed by atoms with Gasteiger partial charge in [-0.15, -0.1) is 0 Å². The lowest BCUT2D eigenvalue weighted by molar-refractivity contribution is 0.668. The number of para-hydroxylation sites is 3. The molecule has 0 fully saturated rings. The first-order valence-corrected chi connectivity index (χ1v) is 17.0. The van der Waals surface area contributed by atoms with Crippen molar-refractivity contribution in [3.05, 3.63) is 161 Å². The summed E-state index contributed by atoms with van der Waals surface area (Å²) in [6, 6.07) is 52.8. The number of fused-ring (bicyclic) bond motifs is 6. The van der Waals surface area contributed by atoms with Crippen LogP contribution in [0.5, 0.6) is 0 Å². The first-order valence-electron chi connectivity index (χ1n) is 17.0. The smallest absolute Gasteiger partial charge is 0.0998 e. The molecule has 8 aromatic rings. The summed E-state index contributed by atoms with van der Waals surface area (Å²) in [5, 5.41) is 33.6. The molecule has 0 aliphatic heterocycles. The predicted octanol–water partition coefficient (Wildman–Crippen LogP) is 10.9. The average Bonchev–Trinajstić information content (AvgIpc) is 3.69. The Bertz CT molecular complexity index is 2840. The molecule has 1 aliphatic carbocycles. The van der Waals surface area contributed by atoms with Crippen molar-refractivity contribution in [3.63, 3.8) is 0 Å². The van der Waals surface area contributed by atoms with Crippen LogP contribution in [0.25, 0.3) is 72.4 Å². The Morgan fingerprint density at radius 1 is 0.588 bits per heavy atom. The number of aromatic nitrogens is 2. The van der Waals surface area contributed by atoms with E-state index in [0.717, 1.165) is 72.4 Å². The minimum atomic E-state index is 0.0404. The van der Waals surface area contributed by atoms with Crippen molar-refractivity contribution in [2.75, 3.05) is 0 Å². The molecule has 0 bridgehead atoms. The summed E-state index contributed by atoms with van der Waals surface area (Å²) >= 11 is 0. The molecular formula is C46H29N5. The SMILES string of the molecule is CC1Cc2c(c3c(C#N)cccc3n2-c2ccccc2-c2cc(C#N)cc(-c3cccc(-n4c5ccccc5c5ccccc54)c3)c2)C=C1C#N. The Morgan fingerprint density at radius 2 is 1.27 bits per heavy atom. The third-order valence-corrected chi connectivity index (χ3v) is 10.2. The van der Waals surface area contributed by atoms with Crippen molar-refractivity contribution in [1.29, 1.82) is 15.8 Å². The second-order valence-electron chi connectivity index (χ2n) is 13.2. The zero-order valence-corrected chi connectivity index (χ0v) is 27.8. The number of nitrogens with zero attached hydrogens (tertiary/aromatic N) is 5.